The van der Waals surface area contributed by atoms with Gasteiger partial charge in [0.1, 0.15) is 5.82 Å². The number of hydrogen-bond donors (Lipinski definition) is 1. The molecule has 0 saturated carbocycles. The fourth-order valence-corrected chi connectivity index (χ4v) is 4.93. The molecule has 0 radical (unpaired) electrons. The topological polar surface area (TPSA) is 96.4 Å². The number of fused-ring (bicyclic) bond motifs is 1. The number of imide groups is 1. The maximum Gasteiger partial charge on any atom is 0.264 e. The maximum absolute atomic E-state index is 14.1. The summed E-state index contributed by atoms with van der Waals surface area (Å²) < 4.78 is 42.5. The Bertz CT molecular complexity index is 1420. The second-order valence-corrected chi connectivity index (χ2v) is 10.9. The molecule has 0 atom stereocenters. The van der Waals surface area contributed by atoms with Gasteiger partial charge in [0, 0.05) is 6.20 Å². The highest BCUT2D eigenvalue weighted by atomic mass is 35.5. The Balaban J connectivity index is 1.69. The third-order valence-electron chi connectivity index (χ3n) is 5.49. The van der Waals surface area contributed by atoms with E-state index in [1.807, 2.05) is 20.8 Å². The van der Waals surface area contributed by atoms with E-state index in [9.17, 15) is 22.4 Å². The fraction of sp³-hybridized carbons (Fsp3) is 0.208. The molecule has 1 aliphatic heterocycles. The van der Waals surface area contributed by atoms with E-state index in [1.165, 1.54) is 36.5 Å². The van der Waals surface area contributed by atoms with Crippen LogP contribution in [0.15, 0.2) is 59.6 Å². The summed E-state index contributed by atoms with van der Waals surface area (Å²) in [6.45, 7) is 5.61. The first-order valence-electron chi connectivity index (χ1n) is 10.3. The molecule has 2 amide bonds. The number of nitrogens with one attached hydrogen (secondary N) is 1. The Morgan fingerprint density at radius 3 is 2.26 bits per heavy atom. The second-order valence-electron chi connectivity index (χ2n) is 8.85. The van der Waals surface area contributed by atoms with Crippen LogP contribution in [0.2, 0.25) is 5.02 Å². The van der Waals surface area contributed by atoms with E-state index in [-0.39, 0.29) is 37.8 Å². The van der Waals surface area contributed by atoms with Crippen LogP contribution < -0.4 is 4.72 Å². The molecule has 0 aliphatic carbocycles. The number of sulfonamides is 1. The molecule has 2 aromatic carbocycles. The molecule has 34 heavy (non-hydrogen) atoms. The van der Waals surface area contributed by atoms with Gasteiger partial charge in [0.15, 0.2) is 0 Å². The number of rotatable bonds is 5. The van der Waals surface area contributed by atoms with E-state index in [0.717, 1.165) is 16.5 Å². The van der Waals surface area contributed by atoms with E-state index < -0.39 is 34.2 Å². The molecule has 0 saturated heterocycles. The van der Waals surface area contributed by atoms with Crippen molar-refractivity contribution >= 4 is 39.1 Å². The largest absolute Gasteiger partial charge is 0.279 e. The van der Waals surface area contributed by atoms with Crippen LogP contribution in [0.4, 0.5) is 10.1 Å². The van der Waals surface area contributed by atoms with Gasteiger partial charge >= 0.3 is 0 Å². The van der Waals surface area contributed by atoms with Crippen LogP contribution in [-0.4, -0.2) is 30.1 Å². The Hall–Kier alpha value is -3.30. The molecule has 1 aliphatic rings. The Morgan fingerprint density at radius 1 is 1.00 bits per heavy atom. The minimum atomic E-state index is -4.08. The zero-order valence-electron chi connectivity index (χ0n) is 18.6. The average molecular weight is 502 g/mol. The fourth-order valence-electron chi connectivity index (χ4n) is 3.62. The normalized spacial score (nSPS) is 13.9. The van der Waals surface area contributed by atoms with Crippen LogP contribution in [-0.2, 0) is 22.0 Å². The summed E-state index contributed by atoms with van der Waals surface area (Å²) in [5, 5.41) is -0.0187. The number of carbonyl (C=O) groups is 2. The van der Waals surface area contributed by atoms with E-state index in [2.05, 4.69) is 9.71 Å². The molecule has 10 heteroatoms. The number of anilines is 1. The van der Waals surface area contributed by atoms with Gasteiger partial charge in [-0.05, 0) is 47.4 Å². The molecule has 2 heterocycles. The quantitative estimate of drug-likeness (QED) is 0.508. The molecular weight excluding hydrogens is 481 g/mol. The van der Waals surface area contributed by atoms with Crippen molar-refractivity contribution in [2.75, 3.05) is 4.72 Å². The van der Waals surface area contributed by atoms with Crippen molar-refractivity contribution in [3.63, 3.8) is 0 Å². The Morgan fingerprint density at radius 2 is 1.65 bits per heavy atom. The lowest BCUT2D eigenvalue weighted by Gasteiger charge is -2.19. The summed E-state index contributed by atoms with van der Waals surface area (Å²) in [6, 6.07) is 11.6. The van der Waals surface area contributed by atoms with E-state index in [1.54, 1.807) is 12.1 Å². The predicted octanol–water partition coefficient (Wildman–Crippen LogP) is 4.77. The van der Waals surface area contributed by atoms with Gasteiger partial charge in [0.25, 0.3) is 21.8 Å². The highest BCUT2D eigenvalue weighted by Gasteiger charge is 2.40. The van der Waals surface area contributed by atoms with Gasteiger partial charge in [-0.1, -0.05) is 44.5 Å². The molecular formula is C24H21ClFN3O4S. The number of halogens is 2. The van der Waals surface area contributed by atoms with Crippen molar-refractivity contribution in [3.8, 4) is 0 Å². The lowest BCUT2D eigenvalue weighted by Crippen LogP contribution is -2.30. The molecule has 3 aromatic rings. The Labute approximate surface area is 201 Å². The van der Waals surface area contributed by atoms with Crippen molar-refractivity contribution in [1.29, 1.82) is 0 Å². The Kier molecular flexibility index (Phi) is 5.95. The number of amides is 2. The molecule has 0 spiro atoms. The van der Waals surface area contributed by atoms with Crippen LogP contribution in [0.3, 0.4) is 0 Å². The highest BCUT2D eigenvalue weighted by Crippen LogP contribution is 2.36. The number of nitrogens with zero attached hydrogens (tertiary/aromatic N) is 2. The number of hydrogen-bond acceptors (Lipinski definition) is 5. The third kappa shape index (κ3) is 4.28. The third-order valence-corrected chi connectivity index (χ3v) is 7.19. The summed E-state index contributed by atoms with van der Waals surface area (Å²) in [5.41, 5.74) is 0.263. The van der Waals surface area contributed by atoms with Crippen molar-refractivity contribution in [2.24, 2.45) is 0 Å². The van der Waals surface area contributed by atoms with Crippen molar-refractivity contribution < 1.29 is 22.4 Å². The molecule has 1 aromatic heterocycles. The molecule has 0 bridgehead atoms. The summed E-state index contributed by atoms with van der Waals surface area (Å²) >= 11 is 6.18. The zero-order valence-corrected chi connectivity index (χ0v) is 20.2. The monoisotopic (exact) mass is 501 g/mol. The summed E-state index contributed by atoms with van der Waals surface area (Å²) in [6.07, 6.45) is 1.34. The first-order chi connectivity index (χ1) is 15.9. The highest BCUT2D eigenvalue weighted by molar-refractivity contribution is 7.92. The average Bonchev–Trinajstić information content (AvgIpc) is 3.02. The lowest BCUT2D eigenvalue weighted by atomic mass is 9.87. The minimum Gasteiger partial charge on any atom is -0.279 e. The van der Waals surface area contributed by atoms with Gasteiger partial charge in [-0.15, -0.1) is 0 Å². The molecule has 0 unspecified atom stereocenters. The SMILES string of the molecule is CC(C)(C)c1ccc(S(=O)(=O)Nc2ccc(Cl)c3c2C(=O)N(Cc2ncccc2F)C3=O)cc1. The van der Waals surface area contributed by atoms with Gasteiger partial charge in [0.05, 0.1) is 39.0 Å². The number of benzene rings is 2. The van der Waals surface area contributed by atoms with Crippen LogP contribution in [0, 0.1) is 5.82 Å². The minimum absolute atomic E-state index is 0.00612. The second kappa shape index (κ2) is 8.48. The summed E-state index contributed by atoms with van der Waals surface area (Å²) in [7, 11) is -4.08. The van der Waals surface area contributed by atoms with E-state index >= 15 is 0 Å². The van der Waals surface area contributed by atoms with Crippen LogP contribution in [0.25, 0.3) is 0 Å². The van der Waals surface area contributed by atoms with Crippen molar-refractivity contribution in [1.82, 2.24) is 9.88 Å². The molecule has 7 nitrogen and oxygen atoms in total. The van der Waals surface area contributed by atoms with Crippen LogP contribution in [0.5, 0.6) is 0 Å². The van der Waals surface area contributed by atoms with Crippen molar-refractivity contribution in [2.45, 2.75) is 37.6 Å². The van der Waals surface area contributed by atoms with E-state index in [4.69, 9.17) is 11.6 Å². The zero-order chi connectivity index (χ0) is 24.8. The van der Waals surface area contributed by atoms with Gasteiger partial charge in [-0.3, -0.25) is 24.2 Å². The van der Waals surface area contributed by atoms with Gasteiger partial charge < -0.3 is 0 Å². The summed E-state index contributed by atoms with van der Waals surface area (Å²) in [5.74, 6) is -2.23. The van der Waals surface area contributed by atoms with Crippen LogP contribution >= 0.6 is 11.6 Å². The number of pyridine rings is 1. The molecule has 176 valence electrons. The standard InChI is InChI=1S/C24H21ClFN3O4S/c1-24(2,3)14-6-8-15(9-7-14)34(32,33)28-18-11-10-16(25)20-21(18)23(31)29(22(20)30)13-19-17(26)5-4-12-27-19/h4-12,28H,13H2,1-3H3. The number of carbonyl (C=O) groups excluding carboxylic acids is 2. The van der Waals surface area contributed by atoms with Crippen LogP contribution in [0.1, 0.15) is 52.7 Å². The van der Waals surface area contributed by atoms with E-state index in [0.29, 0.717) is 0 Å². The molecule has 4 rings (SSSR count). The first kappa shape index (κ1) is 23.8. The lowest BCUT2D eigenvalue weighted by molar-refractivity contribution is 0.0639. The van der Waals surface area contributed by atoms with Gasteiger partial charge in [-0.2, -0.15) is 0 Å². The van der Waals surface area contributed by atoms with Gasteiger partial charge in [0.2, 0.25) is 0 Å². The molecule has 1 N–H and O–H groups in total. The smallest absolute Gasteiger partial charge is 0.264 e. The number of aromatic nitrogens is 1. The summed E-state index contributed by atoms with van der Waals surface area (Å²) in [4.78, 5) is 30.8. The maximum atomic E-state index is 14.1. The van der Waals surface area contributed by atoms with Crippen molar-refractivity contribution in [3.05, 3.63) is 88.0 Å². The first-order valence-corrected chi connectivity index (χ1v) is 12.2. The molecule has 0 fully saturated rings. The predicted molar refractivity (Wildman–Crippen MR) is 126 cm³/mol. The van der Waals surface area contributed by atoms with Gasteiger partial charge in [-0.25, -0.2) is 12.8 Å².